The first-order valence-corrected chi connectivity index (χ1v) is 6.44. The van der Waals surface area contributed by atoms with E-state index in [0.717, 1.165) is 4.57 Å². The van der Waals surface area contributed by atoms with Crippen LogP contribution in [0.5, 0.6) is 0 Å². The zero-order chi connectivity index (χ0) is 15.6. The molecule has 0 fully saturated rings. The average molecular weight is 295 g/mol. The number of aryl methyl sites for hydroxylation is 1. The van der Waals surface area contributed by atoms with Gasteiger partial charge in [0, 0.05) is 14.1 Å². The fourth-order valence-electron chi connectivity index (χ4n) is 1.97. The summed E-state index contributed by atoms with van der Waals surface area (Å²) in [7, 11) is 2.89. The van der Waals surface area contributed by atoms with Crippen LogP contribution in [0.15, 0.2) is 15.9 Å². The molecule has 114 valence electrons. The summed E-state index contributed by atoms with van der Waals surface area (Å²) in [5, 5.41) is 0. The van der Waals surface area contributed by atoms with E-state index >= 15 is 0 Å². The second-order valence-corrected chi connectivity index (χ2v) is 4.61. The summed E-state index contributed by atoms with van der Waals surface area (Å²) in [4.78, 5) is 39.6. The topological polar surface area (TPSA) is 114 Å². The average Bonchev–Trinajstić information content (AvgIpc) is 2.87. The van der Waals surface area contributed by atoms with E-state index in [9.17, 15) is 14.4 Å². The van der Waals surface area contributed by atoms with Crippen molar-refractivity contribution in [1.29, 1.82) is 0 Å². The lowest BCUT2D eigenvalue weighted by Gasteiger charge is -2.07. The Labute approximate surface area is 119 Å². The number of fused-ring (bicyclic) bond motifs is 1. The molecule has 0 aliphatic carbocycles. The molecule has 2 aromatic rings. The number of hydrogen-bond donors (Lipinski definition) is 1. The predicted octanol–water partition coefficient (Wildman–Crippen LogP) is -1.67. The van der Waals surface area contributed by atoms with Crippen LogP contribution in [0.3, 0.4) is 0 Å². The Morgan fingerprint density at radius 3 is 2.71 bits per heavy atom. The summed E-state index contributed by atoms with van der Waals surface area (Å²) in [6, 6.07) is 0. The van der Waals surface area contributed by atoms with Gasteiger partial charge in [0.1, 0.15) is 6.54 Å². The predicted molar refractivity (Wildman–Crippen MR) is 74.8 cm³/mol. The lowest BCUT2D eigenvalue weighted by Crippen LogP contribution is -2.37. The minimum atomic E-state index is -0.500. The van der Waals surface area contributed by atoms with Crippen molar-refractivity contribution in [1.82, 2.24) is 18.7 Å². The SMILES string of the molecule is Cn1c(=O)c2c(ncn2CC(=O)OCCCN)n(C)c1=O. The first kappa shape index (κ1) is 15.0. The van der Waals surface area contributed by atoms with Crippen LogP contribution in [-0.2, 0) is 30.2 Å². The van der Waals surface area contributed by atoms with Gasteiger partial charge >= 0.3 is 11.7 Å². The van der Waals surface area contributed by atoms with E-state index in [0.29, 0.717) is 13.0 Å². The molecule has 0 saturated carbocycles. The van der Waals surface area contributed by atoms with Gasteiger partial charge in [-0.05, 0) is 13.0 Å². The number of nitrogens with zero attached hydrogens (tertiary/aromatic N) is 4. The minimum Gasteiger partial charge on any atom is -0.464 e. The zero-order valence-corrected chi connectivity index (χ0v) is 11.9. The Morgan fingerprint density at radius 1 is 1.33 bits per heavy atom. The number of hydrogen-bond acceptors (Lipinski definition) is 6. The highest BCUT2D eigenvalue weighted by Crippen LogP contribution is 2.05. The van der Waals surface area contributed by atoms with Gasteiger partial charge in [0.25, 0.3) is 5.56 Å². The van der Waals surface area contributed by atoms with E-state index in [1.807, 2.05) is 0 Å². The molecule has 9 nitrogen and oxygen atoms in total. The number of carbonyl (C=O) groups excluding carboxylic acids is 1. The molecule has 0 spiro atoms. The Hall–Kier alpha value is -2.42. The molecule has 2 rings (SSSR count). The largest absolute Gasteiger partial charge is 0.464 e. The van der Waals surface area contributed by atoms with E-state index in [4.69, 9.17) is 10.5 Å². The highest BCUT2D eigenvalue weighted by Gasteiger charge is 2.16. The van der Waals surface area contributed by atoms with Crippen molar-refractivity contribution >= 4 is 17.1 Å². The smallest absolute Gasteiger partial charge is 0.332 e. The normalized spacial score (nSPS) is 11.0. The van der Waals surface area contributed by atoms with E-state index in [1.165, 1.54) is 29.6 Å². The van der Waals surface area contributed by atoms with Crippen molar-refractivity contribution in [2.24, 2.45) is 19.8 Å². The molecule has 0 aliphatic rings. The minimum absolute atomic E-state index is 0.144. The van der Waals surface area contributed by atoms with Crippen LogP contribution in [0.25, 0.3) is 11.2 Å². The highest BCUT2D eigenvalue weighted by atomic mass is 16.5. The number of ether oxygens (including phenoxy) is 1. The maximum atomic E-state index is 12.1. The number of imidazole rings is 1. The first-order valence-electron chi connectivity index (χ1n) is 6.44. The molecule has 0 atom stereocenters. The van der Waals surface area contributed by atoms with Gasteiger partial charge in [-0.15, -0.1) is 0 Å². The molecule has 2 aromatic heterocycles. The van der Waals surface area contributed by atoms with Crippen LogP contribution in [0.4, 0.5) is 0 Å². The van der Waals surface area contributed by atoms with Gasteiger partial charge in [-0.25, -0.2) is 9.78 Å². The Kier molecular flexibility index (Phi) is 4.22. The second-order valence-electron chi connectivity index (χ2n) is 4.61. The number of carbonyl (C=O) groups is 1. The summed E-state index contributed by atoms with van der Waals surface area (Å²) in [5.74, 6) is -0.487. The van der Waals surface area contributed by atoms with Crippen molar-refractivity contribution in [2.45, 2.75) is 13.0 Å². The first-order chi connectivity index (χ1) is 9.97. The monoisotopic (exact) mass is 295 g/mol. The third kappa shape index (κ3) is 2.72. The van der Waals surface area contributed by atoms with Crippen LogP contribution in [0.2, 0.25) is 0 Å². The molecule has 0 saturated heterocycles. The Bertz CT molecular complexity index is 785. The molecular weight excluding hydrogens is 278 g/mol. The summed E-state index contributed by atoms with van der Waals surface area (Å²) < 4.78 is 8.59. The van der Waals surface area contributed by atoms with Crippen molar-refractivity contribution in [3.8, 4) is 0 Å². The molecule has 0 aromatic carbocycles. The van der Waals surface area contributed by atoms with Crippen molar-refractivity contribution in [2.75, 3.05) is 13.2 Å². The molecule has 9 heteroatoms. The standard InChI is InChI=1S/C12H17N5O4/c1-15-10-9(11(19)16(2)12(15)20)17(7-14-10)6-8(18)21-5-3-4-13/h7H,3-6,13H2,1-2H3. The lowest BCUT2D eigenvalue weighted by atomic mass is 10.4. The fourth-order valence-corrected chi connectivity index (χ4v) is 1.97. The van der Waals surface area contributed by atoms with Crippen molar-refractivity contribution in [3.05, 3.63) is 27.2 Å². The molecule has 0 aliphatic heterocycles. The van der Waals surface area contributed by atoms with Crippen molar-refractivity contribution < 1.29 is 9.53 Å². The maximum absolute atomic E-state index is 12.1. The van der Waals surface area contributed by atoms with E-state index in [1.54, 1.807) is 0 Å². The van der Waals surface area contributed by atoms with Gasteiger partial charge in [-0.2, -0.15) is 0 Å². The van der Waals surface area contributed by atoms with E-state index < -0.39 is 17.2 Å². The van der Waals surface area contributed by atoms with Crippen LogP contribution < -0.4 is 17.0 Å². The third-order valence-electron chi connectivity index (χ3n) is 3.13. The van der Waals surface area contributed by atoms with E-state index in [2.05, 4.69) is 4.98 Å². The van der Waals surface area contributed by atoms with Gasteiger partial charge in [-0.1, -0.05) is 0 Å². The van der Waals surface area contributed by atoms with Gasteiger partial charge in [-0.3, -0.25) is 18.7 Å². The molecule has 0 radical (unpaired) electrons. The molecule has 0 bridgehead atoms. The Balaban J connectivity index is 2.37. The maximum Gasteiger partial charge on any atom is 0.332 e. The molecule has 21 heavy (non-hydrogen) atoms. The quantitative estimate of drug-likeness (QED) is 0.521. The number of nitrogens with two attached hydrogens (primary N) is 1. The zero-order valence-electron chi connectivity index (χ0n) is 11.9. The lowest BCUT2D eigenvalue weighted by molar-refractivity contribution is -0.144. The molecule has 0 unspecified atom stereocenters. The summed E-state index contributed by atoms with van der Waals surface area (Å²) in [5.41, 5.74) is 4.76. The summed E-state index contributed by atoms with van der Waals surface area (Å²) in [6.07, 6.45) is 1.92. The molecule has 2 heterocycles. The third-order valence-corrected chi connectivity index (χ3v) is 3.13. The van der Waals surface area contributed by atoms with Gasteiger partial charge in [0.05, 0.1) is 12.9 Å². The fraction of sp³-hybridized carbons (Fsp3) is 0.500. The van der Waals surface area contributed by atoms with Gasteiger partial charge in [0.15, 0.2) is 11.2 Å². The Morgan fingerprint density at radius 2 is 2.05 bits per heavy atom. The van der Waals surface area contributed by atoms with Gasteiger partial charge < -0.3 is 15.0 Å². The molecule has 2 N–H and O–H groups in total. The molecular formula is C12H17N5O4. The summed E-state index contributed by atoms with van der Waals surface area (Å²) in [6.45, 7) is 0.525. The number of esters is 1. The number of rotatable bonds is 5. The highest BCUT2D eigenvalue weighted by molar-refractivity contribution is 5.75. The van der Waals surface area contributed by atoms with Crippen LogP contribution in [-0.4, -0.2) is 37.8 Å². The molecule has 0 amide bonds. The second kappa shape index (κ2) is 5.92. The van der Waals surface area contributed by atoms with Crippen LogP contribution >= 0.6 is 0 Å². The summed E-state index contributed by atoms with van der Waals surface area (Å²) >= 11 is 0. The van der Waals surface area contributed by atoms with Crippen LogP contribution in [0, 0.1) is 0 Å². The van der Waals surface area contributed by atoms with Gasteiger partial charge in [0.2, 0.25) is 0 Å². The van der Waals surface area contributed by atoms with E-state index in [-0.39, 0.29) is 24.3 Å². The van der Waals surface area contributed by atoms with Crippen molar-refractivity contribution in [3.63, 3.8) is 0 Å². The van der Waals surface area contributed by atoms with Crippen LogP contribution in [0.1, 0.15) is 6.42 Å². The number of aromatic nitrogens is 4.